The molecule has 12 rings (SSSR count). The molecule has 10 aromatic rings. The minimum atomic E-state index is -0.121. The maximum absolute atomic E-state index is 8.97. The smallest absolute Gasteiger partial charge is 0.166 e. The minimum absolute atomic E-state index is 0.0917. The number of hydrogen-bond acceptors (Lipinski definition) is 10. The summed E-state index contributed by atoms with van der Waals surface area (Å²) in [6.45, 7) is 9.12. The molecule has 0 saturated heterocycles. The summed E-state index contributed by atoms with van der Waals surface area (Å²) in [5.41, 5.74) is 18.0. The summed E-state index contributed by atoms with van der Waals surface area (Å²) in [6.07, 6.45) is 0. The Morgan fingerprint density at radius 2 is 0.909 bits per heavy atom. The largest absolute Gasteiger partial charge is 0.292 e. The van der Waals surface area contributed by atoms with Gasteiger partial charge in [0, 0.05) is 32.7 Å². The summed E-state index contributed by atoms with van der Waals surface area (Å²) in [4.78, 5) is 19.8. The van der Waals surface area contributed by atoms with Gasteiger partial charge in [0.1, 0.15) is 21.5 Å². The van der Waals surface area contributed by atoms with E-state index in [0.717, 1.165) is 72.5 Å². The van der Waals surface area contributed by atoms with Gasteiger partial charge in [0.25, 0.3) is 0 Å². The Bertz CT molecular complexity index is 3700. The highest BCUT2D eigenvalue weighted by molar-refractivity contribution is 8.27. The number of aromatic nitrogens is 6. The van der Waals surface area contributed by atoms with Gasteiger partial charge in [-0.25, -0.2) is 19.9 Å². The fourth-order valence-electron chi connectivity index (χ4n) is 9.86. The molecule has 0 atom stereocenters. The molecule has 2 aliphatic carbocycles. The molecule has 5 heterocycles. The average Bonchev–Trinajstić information content (AvgIpc) is 4.01. The summed E-state index contributed by atoms with van der Waals surface area (Å²) in [5.74, 6) is 0. The summed E-state index contributed by atoms with van der Waals surface area (Å²) in [5, 5.41) is 30.7. The number of nitrogens with zero attached hydrogens (tertiary/aromatic N) is 6. The zero-order chi connectivity index (χ0) is 44.9. The number of pyridine rings is 4. The topological polar surface area (TPSA) is 125 Å². The first kappa shape index (κ1) is 40.0. The Morgan fingerprint density at radius 1 is 0.424 bits per heavy atom. The Morgan fingerprint density at radius 3 is 1.53 bits per heavy atom. The van der Waals surface area contributed by atoms with Gasteiger partial charge < -0.3 is 0 Å². The van der Waals surface area contributed by atoms with Gasteiger partial charge in [-0.05, 0) is 129 Å². The highest BCUT2D eigenvalue weighted by atomic mass is 32.2. The van der Waals surface area contributed by atoms with Crippen molar-refractivity contribution in [1.82, 2.24) is 30.1 Å². The van der Waals surface area contributed by atoms with Crippen LogP contribution in [-0.2, 0) is 10.8 Å². The molecule has 0 radical (unpaired) electrons. The molecule has 0 fully saturated rings. The van der Waals surface area contributed by atoms with Crippen LogP contribution >= 0.6 is 23.1 Å². The predicted octanol–water partition coefficient (Wildman–Crippen LogP) is 13.8. The Kier molecular flexibility index (Phi) is 9.10. The van der Waals surface area contributed by atoms with E-state index >= 15 is 0 Å². The van der Waals surface area contributed by atoms with Crippen molar-refractivity contribution in [3.8, 4) is 66.2 Å². The Balaban J connectivity index is 0.755. The molecule has 66 heavy (non-hydrogen) atoms. The van der Waals surface area contributed by atoms with Crippen LogP contribution in [0.3, 0.4) is 0 Å². The zero-order valence-electron chi connectivity index (χ0n) is 36.5. The van der Waals surface area contributed by atoms with E-state index in [1.165, 1.54) is 55.8 Å². The standard InChI is InChI=1S/C56H40N8S2/c1-55(2)39-13-7-5-11-33(39)35-21-19-31(29-41(35)55)43-15-9-17-47(59-43)51(57)65-52(58)48-25-23-37-38-24-26-50(62-46(38)28-27-45(37)61-48)54-64-63-53(66-54)49-18-10-16-44(60-49)32-20-22-36-34-12-6-8-14-40(34)56(3,4)42(36)30-32/h5-30,57-58H,1-4H3. The monoisotopic (exact) mass is 888 g/mol. The lowest BCUT2D eigenvalue weighted by Crippen LogP contribution is -2.15. The molecule has 0 spiro atoms. The number of thioether (sulfide) groups is 1. The first-order valence-corrected chi connectivity index (χ1v) is 23.5. The van der Waals surface area contributed by atoms with Gasteiger partial charge in [0.2, 0.25) is 0 Å². The van der Waals surface area contributed by atoms with Crippen LogP contribution in [0.2, 0.25) is 0 Å². The fourth-order valence-corrected chi connectivity index (χ4v) is 11.3. The van der Waals surface area contributed by atoms with Crippen LogP contribution in [0.1, 0.15) is 61.3 Å². The molecule has 8 nitrogen and oxygen atoms in total. The molecule has 10 heteroatoms. The quantitative estimate of drug-likeness (QED) is 0.0967. The van der Waals surface area contributed by atoms with E-state index in [2.05, 4.69) is 129 Å². The van der Waals surface area contributed by atoms with E-state index in [1.54, 1.807) is 0 Å². The molecular formula is C56H40N8S2. The van der Waals surface area contributed by atoms with Gasteiger partial charge >= 0.3 is 0 Å². The second-order valence-corrected chi connectivity index (χ2v) is 19.9. The second kappa shape index (κ2) is 15.0. The lowest BCUT2D eigenvalue weighted by atomic mass is 9.82. The van der Waals surface area contributed by atoms with Crippen molar-refractivity contribution in [3.63, 3.8) is 0 Å². The lowest BCUT2D eigenvalue weighted by molar-refractivity contribution is 0.660. The highest BCUT2D eigenvalue weighted by Crippen LogP contribution is 2.51. The lowest BCUT2D eigenvalue weighted by Gasteiger charge is -2.21. The van der Waals surface area contributed by atoms with Crippen LogP contribution < -0.4 is 0 Å². The third kappa shape index (κ3) is 6.42. The van der Waals surface area contributed by atoms with E-state index in [4.69, 9.17) is 30.8 Å². The van der Waals surface area contributed by atoms with Crippen LogP contribution in [0, 0.1) is 10.8 Å². The molecule has 0 aliphatic heterocycles. The molecule has 0 bridgehead atoms. The summed E-state index contributed by atoms with van der Waals surface area (Å²) < 4.78 is 0. The molecule has 0 saturated carbocycles. The number of fused-ring (bicyclic) bond motifs is 9. The molecule has 0 unspecified atom stereocenters. The number of rotatable bonds is 6. The van der Waals surface area contributed by atoms with E-state index in [0.29, 0.717) is 16.4 Å². The summed E-state index contributed by atoms with van der Waals surface area (Å²) in [6, 6.07) is 54.0. The van der Waals surface area contributed by atoms with Crippen molar-refractivity contribution in [2.75, 3.05) is 0 Å². The van der Waals surface area contributed by atoms with Gasteiger partial charge in [-0.1, -0.05) is 124 Å². The first-order chi connectivity index (χ1) is 32.0. The van der Waals surface area contributed by atoms with Crippen molar-refractivity contribution in [2.24, 2.45) is 0 Å². The van der Waals surface area contributed by atoms with Crippen molar-refractivity contribution in [2.45, 2.75) is 38.5 Å². The summed E-state index contributed by atoms with van der Waals surface area (Å²) in [7, 11) is 0. The zero-order valence-corrected chi connectivity index (χ0v) is 38.1. The molecule has 5 aromatic heterocycles. The third-order valence-electron chi connectivity index (χ3n) is 13.3. The Labute approximate surface area is 390 Å². The van der Waals surface area contributed by atoms with Crippen LogP contribution in [0.25, 0.3) is 88.0 Å². The SMILES string of the molecule is CC1(C)c2ccccc2-c2ccc(-c3cccc(C(=N)SC(=N)c4ccc5c(ccc6nc(-c7nnc(-c8cccc(-c9ccc%10c(c9)C(C)(C)c9ccccc9-%10)n8)s7)ccc65)n4)n3)cc21. The normalized spacial score (nSPS) is 13.9. The van der Waals surface area contributed by atoms with Crippen LogP contribution in [0.5, 0.6) is 0 Å². The molecular weight excluding hydrogens is 849 g/mol. The van der Waals surface area contributed by atoms with E-state index in [1.807, 2.05) is 66.7 Å². The van der Waals surface area contributed by atoms with E-state index < -0.39 is 0 Å². The number of nitrogens with one attached hydrogen (secondary N) is 2. The average molecular weight is 889 g/mol. The predicted molar refractivity (Wildman–Crippen MR) is 271 cm³/mol. The van der Waals surface area contributed by atoms with Gasteiger partial charge in [0.15, 0.2) is 10.0 Å². The maximum atomic E-state index is 8.97. The van der Waals surface area contributed by atoms with Crippen molar-refractivity contribution in [3.05, 3.63) is 191 Å². The Hall–Kier alpha value is -7.53. The number of benzene rings is 5. The highest BCUT2D eigenvalue weighted by Gasteiger charge is 2.36. The minimum Gasteiger partial charge on any atom is -0.292 e. The van der Waals surface area contributed by atoms with Crippen LogP contribution in [-0.4, -0.2) is 40.2 Å². The van der Waals surface area contributed by atoms with Crippen LogP contribution in [0.4, 0.5) is 0 Å². The van der Waals surface area contributed by atoms with E-state index in [9.17, 15) is 0 Å². The maximum Gasteiger partial charge on any atom is 0.166 e. The van der Waals surface area contributed by atoms with Gasteiger partial charge in [0.05, 0.1) is 33.8 Å². The number of hydrogen-bond donors (Lipinski definition) is 2. The third-order valence-corrected chi connectivity index (χ3v) is 15.1. The van der Waals surface area contributed by atoms with Gasteiger partial charge in [-0.3, -0.25) is 10.8 Å². The molecule has 5 aromatic carbocycles. The van der Waals surface area contributed by atoms with Crippen molar-refractivity contribution < 1.29 is 0 Å². The molecule has 2 N–H and O–H groups in total. The van der Waals surface area contributed by atoms with Crippen molar-refractivity contribution in [1.29, 1.82) is 10.8 Å². The fraction of sp³-hybridized carbons (Fsp3) is 0.107. The summed E-state index contributed by atoms with van der Waals surface area (Å²) >= 11 is 2.52. The van der Waals surface area contributed by atoms with Gasteiger partial charge in [-0.15, -0.1) is 10.2 Å². The first-order valence-electron chi connectivity index (χ1n) is 21.9. The van der Waals surface area contributed by atoms with Crippen LogP contribution in [0.15, 0.2) is 158 Å². The molecule has 2 aliphatic rings. The van der Waals surface area contributed by atoms with E-state index in [-0.39, 0.29) is 20.9 Å². The van der Waals surface area contributed by atoms with Crippen molar-refractivity contribution >= 4 is 55.0 Å². The molecule has 316 valence electrons. The van der Waals surface area contributed by atoms with Gasteiger partial charge in [-0.2, -0.15) is 0 Å². The second-order valence-electron chi connectivity index (χ2n) is 17.9. The molecule has 0 amide bonds.